The van der Waals surface area contributed by atoms with Crippen LogP contribution in [0.2, 0.25) is 0 Å². The van der Waals surface area contributed by atoms with Gasteiger partial charge in [0.2, 0.25) is 5.91 Å². The first kappa shape index (κ1) is 15.4. The van der Waals surface area contributed by atoms with Crippen LogP contribution in [0, 0.1) is 0 Å². The average Bonchev–Trinajstić information content (AvgIpc) is 2.64. The van der Waals surface area contributed by atoms with Crippen molar-refractivity contribution in [1.82, 2.24) is 14.9 Å². The third kappa shape index (κ3) is 4.24. The number of nitrogens with zero attached hydrogens (tertiary/aromatic N) is 2. The van der Waals surface area contributed by atoms with Crippen molar-refractivity contribution in [1.29, 1.82) is 0 Å². The van der Waals surface area contributed by atoms with E-state index in [9.17, 15) is 4.79 Å². The van der Waals surface area contributed by atoms with Crippen molar-refractivity contribution >= 4 is 17.7 Å². The molecule has 1 saturated carbocycles. The highest BCUT2D eigenvalue weighted by molar-refractivity contribution is 7.99. The molecule has 2 rings (SSSR count). The zero-order valence-electron chi connectivity index (χ0n) is 12.0. The van der Waals surface area contributed by atoms with E-state index in [-0.39, 0.29) is 12.5 Å². The minimum absolute atomic E-state index is 0.0294. The highest BCUT2D eigenvalue weighted by atomic mass is 32.2. The Balaban J connectivity index is 1.78. The number of amides is 1. The van der Waals surface area contributed by atoms with Gasteiger partial charge in [-0.2, -0.15) is 0 Å². The van der Waals surface area contributed by atoms with Gasteiger partial charge < -0.3 is 15.0 Å². The van der Waals surface area contributed by atoms with E-state index in [0.717, 1.165) is 23.7 Å². The fraction of sp³-hybridized carbons (Fsp3) is 0.714. The first-order valence-electron chi connectivity index (χ1n) is 7.24. The van der Waals surface area contributed by atoms with Crippen molar-refractivity contribution in [2.45, 2.75) is 56.3 Å². The molecule has 0 aliphatic heterocycles. The summed E-state index contributed by atoms with van der Waals surface area (Å²) < 4.78 is 1.82. The number of rotatable bonds is 5. The van der Waals surface area contributed by atoms with Gasteiger partial charge in [-0.15, -0.1) is 0 Å². The molecule has 0 spiro atoms. The lowest BCUT2D eigenvalue weighted by Gasteiger charge is -2.15. The number of aliphatic hydroxyl groups is 1. The Hall–Kier alpha value is -1.01. The molecule has 1 heterocycles. The maximum absolute atomic E-state index is 12.0. The van der Waals surface area contributed by atoms with E-state index in [1.807, 2.05) is 11.6 Å². The van der Waals surface area contributed by atoms with Crippen LogP contribution in [-0.4, -0.2) is 32.4 Å². The molecule has 112 valence electrons. The zero-order valence-corrected chi connectivity index (χ0v) is 12.8. The third-order valence-corrected chi connectivity index (χ3v) is 4.80. The molecule has 0 atom stereocenters. The molecule has 1 aromatic heterocycles. The summed E-state index contributed by atoms with van der Waals surface area (Å²) in [6, 6.07) is 0.347. The van der Waals surface area contributed by atoms with Gasteiger partial charge in [0, 0.05) is 13.1 Å². The summed E-state index contributed by atoms with van der Waals surface area (Å²) in [7, 11) is 1.85. The summed E-state index contributed by atoms with van der Waals surface area (Å²) in [4.78, 5) is 16.2. The molecule has 2 N–H and O–H groups in total. The summed E-state index contributed by atoms with van der Waals surface area (Å²) in [5.41, 5.74) is 0.761. The number of hydrogen-bond donors (Lipinski definition) is 2. The molecular weight excluding hydrogens is 274 g/mol. The van der Waals surface area contributed by atoms with E-state index in [0.29, 0.717) is 11.8 Å². The van der Waals surface area contributed by atoms with Gasteiger partial charge in [0.05, 0.1) is 24.3 Å². The Bertz CT molecular complexity index is 440. The van der Waals surface area contributed by atoms with Gasteiger partial charge in [-0.05, 0) is 12.8 Å². The van der Waals surface area contributed by atoms with Crippen LogP contribution in [0.25, 0.3) is 0 Å². The van der Waals surface area contributed by atoms with E-state index in [4.69, 9.17) is 5.11 Å². The number of nitrogens with one attached hydrogen (secondary N) is 1. The number of aliphatic hydroxyl groups excluding tert-OH is 1. The van der Waals surface area contributed by atoms with E-state index in [1.165, 1.54) is 37.4 Å². The lowest BCUT2D eigenvalue weighted by atomic mass is 10.1. The van der Waals surface area contributed by atoms with Crippen molar-refractivity contribution < 1.29 is 9.90 Å². The highest BCUT2D eigenvalue weighted by Crippen LogP contribution is 2.19. The van der Waals surface area contributed by atoms with Crippen molar-refractivity contribution in [3.05, 3.63) is 11.9 Å². The highest BCUT2D eigenvalue weighted by Gasteiger charge is 2.15. The van der Waals surface area contributed by atoms with Crippen LogP contribution in [0.3, 0.4) is 0 Å². The Morgan fingerprint density at radius 2 is 2.15 bits per heavy atom. The smallest absolute Gasteiger partial charge is 0.230 e. The van der Waals surface area contributed by atoms with Gasteiger partial charge in [-0.3, -0.25) is 4.79 Å². The topological polar surface area (TPSA) is 67.1 Å². The molecule has 0 saturated heterocycles. The average molecular weight is 297 g/mol. The van der Waals surface area contributed by atoms with Crippen molar-refractivity contribution in [2.75, 3.05) is 5.75 Å². The molecule has 1 aliphatic carbocycles. The lowest BCUT2D eigenvalue weighted by molar-refractivity contribution is -0.119. The van der Waals surface area contributed by atoms with Crippen LogP contribution < -0.4 is 5.32 Å². The zero-order chi connectivity index (χ0) is 14.4. The van der Waals surface area contributed by atoms with Crippen molar-refractivity contribution in [3.8, 4) is 0 Å². The molecule has 5 nitrogen and oxygen atoms in total. The van der Waals surface area contributed by atoms with Gasteiger partial charge in [-0.25, -0.2) is 4.98 Å². The molecule has 1 aliphatic rings. The third-order valence-electron chi connectivity index (χ3n) is 3.76. The second-order valence-corrected chi connectivity index (χ2v) is 6.24. The first-order chi connectivity index (χ1) is 9.70. The number of imidazole rings is 1. The molecule has 20 heavy (non-hydrogen) atoms. The van der Waals surface area contributed by atoms with Gasteiger partial charge in [-0.1, -0.05) is 37.4 Å². The molecule has 1 fully saturated rings. The number of hydrogen-bond acceptors (Lipinski definition) is 4. The number of carbonyl (C=O) groups excluding carboxylic acids is 1. The predicted molar refractivity (Wildman–Crippen MR) is 79.5 cm³/mol. The molecule has 0 aromatic carbocycles. The Labute approximate surface area is 124 Å². The van der Waals surface area contributed by atoms with E-state index < -0.39 is 0 Å². The van der Waals surface area contributed by atoms with Crippen molar-refractivity contribution in [3.63, 3.8) is 0 Å². The molecular formula is C14H23N3O2S. The molecule has 1 aromatic rings. The van der Waals surface area contributed by atoms with Gasteiger partial charge in [0.1, 0.15) is 0 Å². The SMILES string of the molecule is Cn1c(CO)cnc1SCC(=O)NC1CCCCCC1. The summed E-state index contributed by atoms with van der Waals surface area (Å²) >= 11 is 1.41. The summed E-state index contributed by atoms with van der Waals surface area (Å²) in [6.07, 6.45) is 8.87. The van der Waals surface area contributed by atoms with E-state index in [2.05, 4.69) is 10.3 Å². The lowest BCUT2D eigenvalue weighted by Crippen LogP contribution is -2.35. The molecule has 0 radical (unpaired) electrons. The van der Waals surface area contributed by atoms with Gasteiger partial charge in [0.15, 0.2) is 5.16 Å². The van der Waals surface area contributed by atoms with Crippen LogP contribution >= 0.6 is 11.8 Å². The van der Waals surface area contributed by atoms with Crippen molar-refractivity contribution in [2.24, 2.45) is 7.05 Å². The molecule has 0 unspecified atom stereocenters. The minimum atomic E-state index is -0.0294. The largest absolute Gasteiger partial charge is 0.390 e. The van der Waals surface area contributed by atoms with Crippen LogP contribution in [-0.2, 0) is 18.4 Å². The van der Waals surface area contributed by atoms with E-state index in [1.54, 1.807) is 6.20 Å². The number of carbonyl (C=O) groups is 1. The van der Waals surface area contributed by atoms with Crippen LogP contribution in [0.1, 0.15) is 44.2 Å². The monoisotopic (exact) mass is 297 g/mol. The molecule has 0 bridgehead atoms. The number of thioether (sulfide) groups is 1. The maximum Gasteiger partial charge on any atom is 0.230 e. The quantitative estimate of drug-likeness (QED) is 0.643. The maximum atomic E-state index is 12.0. The van der Waals surface area contributed by atoms with Crippen LogP contribution in [0.5, 0.6) is 0 Å². The predicted octanol–water partition coefficient (Wildman–Crippen LogP) is 1.84. The second kappa shape index (κ2) is 7.69. The van der Waals surface area contributed by atoms with Crippen LogP contribution in [0.15, 0.2) is 11.4 Å². The first-order valence-corrected chi connectivity index (χ1v) is 8.23. The standard InChI is InChI=1S/C14H23N3O2S/c1-17-12(9-18)8-15-14(17)20-10-13(19)16-11-6-4-2-3-5-7-11/h8,11,18H,2-7,9-10H2,1H3,(H,16,19). The summed E-state index contributed by atoms with van der Waals surface area (Å²) in [6.45, 7) is -0.0294. The Kier molecular flexibility index (Phi) is 5.91. The Morgan fingerprint density at radius 1 is 1.45 bits per heavy atom. The van der Waals surface area contributed by atoms with E-state index >= 15 is 0 Å². The summed E-state index contributed by atoms with van der Waals surface area (Å²) in [5.74, 6) is 0.460. The fourth-order valence-electron chi connectivity index (χ4n) is 2.53. The second-order valence-electron chi connectivity index (χ2n) is 5.29. The fourth-order valence-corrected chi connectivity index (χ4v) is 3.31. The van der Waals surface area contributed by atoms with Gasteiger partial charge >= 0.3 is 0 Å². The number of aromatic nitrogens is 2. The molecule has 1 amide bonds. The minimum Gasteiger partial charge on any atom is -0.390 e. The summed E-state index contributed by atoms with van der Waals surface area (Å²) in [5, 5.41) is 13.0. The van der Waals surface area contributed by atoms with Gasteiger partial charge in [0.25, 0.3) is 0 Å². The molecule has 6 heteroatoms. The van der Waals surface area contributed by atoms with Crippen LogP contribution in [0.4, 0.5) is 0 Å². The Morgan fingerprint density at radius 3 is 2.75 bits per heavy atom. The normalized spacial score (nSPS) is 16.9.